The van der Waals surface area contributed by atoms with Crippen molar-refractivity contribution >= 4 is 52.2 Å². The summed E-state index contributed by atoms with van der Waals surface area (Å²) in [5, 5.41) is 5.03. The lowest BCUT2D eigenvalue weighted by molar-refractivity contribution is -0.127. The summed E-state index contributed by atoms with van der Waals surface area (Å²) < 4.78 is 5.56. The number of carbonyl (C=O) groups is 4. The summed E-state index contributed by atoms with van der Waals surface area (Å²) >= 11 is 0.785. The zero-order valence-corrected chi connectivity index (χ0v) is 22.7. The topological polar surface area (TPSA) is 105 Å². The van der Waals surface area contributed by atoms with Gasteiger partial charge in [0.15, 0.2) is 6.61 Å². The van der Waals surface area contributed by atoms with Gasteiger partial charge in [0.05, 0.1) is 4.91 Å². The van der Waals surface area contributed by atoms with Crippen molar-refractivity contribution in [2.75, 3.05) is 23.8 Å². The van der Waals surface area contributed by atoms with Gasteiger partial charge in [0.25, 0.3) is 17.1 Å². The van der Waals surface area contributed by atoms with Crippen LogP contribution in [0.3, 0.4) is 0 Å². The number of para-hydroxylation sites is 1. The Morgan fingerprint density at radius 3 is 2.28 bits per heavy atom. The number of ether oxygens (including phenoxy) is 1. The molecule has 200 valence electrons. The standard InChI is InChI=1S/C30H29N3O5S/c1-19(2)22-10-12-23(13-11-22)31-27(34)17-33-29(36)26(39-30(33)37)16-21-8-14-24(15-9-21)38-18-28(35)32-25-7-5-4-6-20(25)3/h4-16,19H,17-18H2,1-3H3,(H,31,34)(H,32,35)/b26-16-. The van der Waals surface area contributed by atoms with Crippen LogP contribution in [0.15, 0.2) is 77.7 Å². The smallest absolute Gasteiger partial charge is 0.294 e. The summed E-state index contributed by atoms with van der Waals surface area (Å²) in [6.45, 7) is 5.54. The quantitative estimate of drug-likeness (QED) is 0.330. The molecule has 9 heteroatoms. The number of hydrogen-bond donors (Lipinski definition) is 2. The van der Waals surface area contributed by atoms with Crippen LogP contribution in [0.1, 0.15) is 36.5 Å². The van der Waals surface area contributed by atoms with Crippen LogP contribution in [-0.2, 0) is 14.4 Å². The van der Waals surface area contributed by atoms with Crippen molar-refractivity contribution in [3.63, 3.8) is 0 Å². The molecule has 0 spiro atoms. The average Bonchev–Trinajstić information content (AvgIpc) is 3.17. The average molecular weight is 544 g/mol. The second kappa shape index (κ2) is 12.4. The van der Waals surface area contributed by atoms with Gasteiger partial charge < -0.3 is 15.4 Å². The molecule has 3 aromatic carbocycles. The van der Waals surface area contributed by atoms with Gasteiger partial charge in [0, 0.05) is 11.4 Å². The van der Waals surface area contributed by atoms with E-state index in [4.69, 9.17) is 4.74 Å². The van der Waals surface area contributed by atoms with Crippen LogP contribution < -0.4 is 15.4 Å². The molecule has 39 heavy (non-hydrogen) atoms. The monoisotopic (exact) mass is 543 g/mol. The molecule has 0 aliphatic carbocycles. The van der Waals surface area contributed by atoms with Gasteiger partial charge in [-0.15, -0.1) is 0 Å². The maximum absolute atomic E-state index is 12.8. The van der Waals surface area contributed by atoms with Crippen LogP contribution in [0.4, 0.5) is 16.2 Å². The number of amides is 4. The van der Waals surface area contributed by atoms with Crippen molar-refractivity contribution in [3.05, 3.63) is 94.4 Å². The van der Waals surface area contributed by atoms with E-state index in [1.54, 1.807) is 42.5 Å². The van der Waals surface area contributed by atoms with E-state index in [2.05, 4.69) is 24.5 Å². The molecule has 1 aliphatic heterocycles. The minimum atomic E-state index is -0.525. The van der Waals surface area contributed by atoms with E-state index < -0.39 is 17.1 Å². The molecule has 1 aliphatic rings. The minimum absolute atomic E-state index is 0.156. The Morgan fingerprint density at radius 2 is 1.62 bits per heavy atom. The Morgan fingerprint density at radius 1 is 0.923 bits per heavy atom. The van der Waals surface area contributed by atoms with Crippen molar-refractivity contribution in [1.29, 1.82) is 0 Å². The number of benzene rings is 3. The van der Waals surface area contributed by atoms with Gasteiger partial charge in [-0.1, -0.05) is 56.3 Å². The van der Waals surface area contributed by atoms with Crippen LogP contribution in [0.2, 0.25) is 0 Å². The van der Waals surface area contributed by atoms with Crippen LogP contribution in [-0.4, -0.2) is 41.0 Å². The molecular weight excluding hydrogens is 514 g/mol. The highest BCUT2D eigenvalue weighted by Crippen LogP contribution is 2.32. The van der Waals surface area contributed by atoms with E-state index >= 15 is 0 Å². The Labute approximate surface area is 231 Å². The zero-order valence-electron chi connectivity index (χ0n) is 21.9. The van der Waals surface area contributed by atoms with E-state index in [-0.39, 0.29) is 24.0 Å². The first-order valence-electron chi connectivity index (χ1n) is 12.4. The van der Waals surface area contributed by atoms with E-state index in [1.807, 2.05) is 43.3 Å². The fraction of sp³-hybridized carbons (Fsp3) is 0.200. The molecule has 4 amide bonds. The largest absolute Gasteiger partial charge is 0.484 e. The van der Waals surface area contributed by atoms with Crippen molar-refractivity contribution in [1.82, 2.24) is 4.90 Å². The van der Waals surface area contributed by atoms with Crippen LogP contribution in [0, 0.1) is 6.92 Å². The number of nitrogens with zero attached hydrogens (tertiary/aromatic N) is 1. The predicted octanol–water partition coefficient (Wildman–Crippen LogP) is 5.81. The van der Waals surface area contributed by atoms with Crippen LogP contribution >= 0.6 is 11.8 Å². The number of carbonyl (C=O) groups excluding carboxylic acids is 4. The summed E-state index contributed by atoms with van der Waals surface area (Å²) in [5.74, 6) is -0.402. The first-order chi connectivity index (χ1) is 18.7. The third-order valence-corrected chi connectivity index (χ3v) is 6.91. The molecule has 0 unspecified atom stereocenters. The Kier molecular flexibility index (Phi) is 8.83. The fourth-order valence-corrected chi connectivity index (χ4v) is 4.63. The summed E-state index contributed by atoms with van der Waals surface area (Å²) in [6.07, 6.45) is 1.59. The highest BCUT2D eigenvalue weighted by molar-refractivity contribution is 8.18. The summed E-state index contributed by atoms with van der Waals surface area (Å²) in [4.78, 5) is 51.1. The van der Waals surface area contributed by atoms with Gasteiger partial charge in [0.1, 0.15) is 12.3 Å². The van der Waals surface area contributed by atoms with E-state index in [1.165, 1.54) is 0 Å². The van der Waals surface area contributed by atoms with E-state index in [9.17, 15) is 19.2 Å². The second-order valence-corrected chi connectivity index (χ2v) is 10.3. The lowest BCUT2D eigenvalue weighted by atomic mass is 10.0. The number of nitrogens with one attached hydrogen (secondary N) is 2. The molecule has 1 heterocycles. The van der Waals surface area contributed by atoms with Crippen molar-refractivity contribution < 1.29 is 23.9 Å². The lowest BCUT2D eigenvalue weighted by Crippen LogP contribution is -2.36. The molecule has 1 saturated heterocycles. The van der Waals surface area contributed by atoms with Crippen molar-refractivity contribution in [3.8, 4) is 5.75 Å². The fourth-order valence-electron chi connectivity index (χ4n) is 3.79. The molecule has 1 fully saturated rings. The number of imide groups is 1. The third kappa shape index (κ3) is 7.36. The van der Waals surface area contributed by atoms with Gasteiger partial charge in [-0.05, 0) is 77.7 Å². The molecule has 0 radical (unpaired) electrons. The molecular formula is C30H29N3O5S. The predicted molar refractivity (Wildman–Crippen MR) is 154 cm³/mol. The molecule has 0 atom stereocenters. The van der Waals surface area contributed by atoms with Gasteiger partial charge in [-0.2, -0.15) is 0 Å². The van der Waals surface area contributed by atoms with Crippen LogP contribution in [0.25, 0.3) is 6.08 Å². The SMILES string of the molecule is Cc1ccccc1NC(=O)COc1ccc(/C=C2\SC(=O)N(CC(=O)Nc3ccc(C(C)C)cc3)C2=O)cc1. The third-order valence-electron chi connectivity index (χ3n) is 6.00. The van der Waals surface area contributed by atoms with Crippen LogP contribution in [0.5, 0.6) is 5.75 Å². The summed E-state index contributed by atoms with van der Waals surface area (Å²) in [7, 11) is 0. The van der Waals surface area contributed by atoms with Crippen molar-refractivity contribution in [2.45, 2.75) is 26.7 Å². The normalized spacial score (nSPS) is 14.2. The Hall–Kier alpha value is -4.37. The maximum atomic E-state index is 12.8. The molecule has 4 rings (SSSR count). The second-order valence-electron chi connectivity index (χ2n) is 9.31. The number of aryl methyl sites for hydroxylation is 1. The number of rotatable bonds is 9. The molecule has 0 aromatic heterocycles. The van der Waals surface area contributed by atoms with Crippen molar-refractivity contribution in [2.24, 2.45) is 0 Å². The number of hydrogen-bond acceptors (Lipinski definition) is 6. The highest BCUT2D eigenvalue weighted by Gasteiger charge is 2.36. The first-order valence-corrected chi connectivity index (χ1v) is 13.2. The Bertz CT molecular complexity index is 1420. The highest BCUT2D eigenvalue weighted by atomic mass is 32.2. The Balaban J connectivity index is 1.30. The minimum Gasteiger partial charge on any atom is -0.484 e. The molecule has 2 N–H and O–H groups in total. The van der Waals surface area contributed by atoms with E-state index in [0.717, 1.165) is 33.5 Å². The summed E-state index contributed by atoms with van der Waals surface area (Å²) in [5.41, 5.74) is 4.10. The summed E-state index contributed by atoms with van der Waals surface area (Å²) in [6, 6.07) is 21.7. The van der Waals surface area contributed by atoms with Gasteiger partial charge in [-0.3, -0.25) is 24.1 Å². The maximum Gasteiger partial charge on any atom is 0.294 e. The molecule has 0 saturated carbocycles. The van der Waals surface area contributed by atoms with Gasteiger partial charge in [0.2, 0.25) is 5.91 Å². The van der Waals surface area contributed by atoms with E-state index in [0.29, 0.717) is 22.9 Å². The molecule has 0 bridgehead atoms. The first kappa shape index (κ1) is 27.7. The molecule has 8 nitrogen and oxygen atoms in total. The van der Waals surface area contributed by atoms with Gasteiger partial charge in [-0.25, -0.2) is 0 Å². The zero-order chi connectivity index (χ0) is 27.9. The number of anilines is 2. The molecule has 3 aromatic rings. The number of thioether (sulfide) groups is 1. The lowest BCUT2D eigenvalue weighted by Gasteiger charge is -2.13. The van der Waals surface area contributed by atoms with Gasteiger partial charge >= 0.3 is 0 Å².